The Hall–Kier alpha value is -3.88. The zero-order chi connectivity index (χ0) is 24.2. The third-order valence-electron chi connectivity index (χ3n) is 3.99. The van der Waals surface area contributed by atoms with Crippen LogP contribution in [0.3, 0.4) is 0 Å². The van der Waals surface area contributed by atoms with Crippen LogP contribution in [0.4, 0.5) is 39.5 Å². The first-order valence-corrected chi connectivity index (χ1v) is 9.52. The van der Waals surface area contributed by atoms with E-state index in [1.807, 2.05) is 0 Å². The Labute approximate surface area is 190 Å². The highest BCUT2D eigenvalue weighted by atomic mass is 79.9. The van der Waals surface area contributed by atoms with Gasteiger partial charge in [0.1, 0.15) is 11.6 Å². The van der Waals surface area contributed by atoms with Crippen molar-refractivity contribution in [3.05, 3.63) is 57.9 Å². The fourth-order valence-electron chi connectivity index (χ4n) is 2.55. The highest BCUT2D eigenvalue weighted by Crippen LogP contribution is 2.37. The molecule has 0 bridgehead atoms. The minimum atomic E-state index is -4.71. The molecule has 33 heavy (non-hydrogen) atoms. The van der Waals surface area contributed by atoms with Crippen molar-refractivity contribution in [2.24, 2.45) is 5.16 Å². The Bertz CT molecular complexity index is 1200. The van der Waals surface area contributed by atoms with Crippen molar-refractivity contribution < 1.29 is 36.9 Å². The highest BCUT2D eigenvalue weighted by molar-refractivity contribution is 9.10. The number of nitrogens with one attached hydrogen (secondary N) is 3. The van der Waals surface area contributed by atoms with Gasteiger partial charge in [-0.3, -0.25) is 5.32 Å². The van der Waals surface area contributed by atoms with Crippen LogP contribution in [-0.4, -0.2) is 34.5 Å². The first kappa shape index (κ1) is 23.8. The molecule has 174 valence electrons. The van der Waals surface area contributed by atoms with Gasteiger partial charge in [0, 0.05) is 11.4 Å². The molecular weight excluding hydrogens is 520 g/mol. The molecule has 0 aliphatic carbocycles. The molecule has 10 nitrogen and oxygen atoms in total. The first-order chi connectivity index (χ1) is 15.6. The standard InChI is InChI=1S/C18H13BrF4N6O4/c1-32-13-5-3-8(6-10(13)18(21,22)23)25-17(30)26-16-14(28-33-29-16)15(27-31)24-9-2-4-12(20)11(19)7-9/h2-7,31H,1H3,(H,24,27)(H2,25,26,29,30). The van der Waals surface area contributed by atoms with Crippen molar-refractivity contribution in [1.82, 2.24) is 10.3 Å². The van der Waals surface area contributed by atoms with Crippen LogP contribution in [0.15, 0.2) is 50.7 Å². The summed E-state index contributed by atoms with van der Waals surface area (Å²) in [5, 5.41) is 26.4. The minimum Gasteiger partial charge on any atom is -0.496 e. The lowest BCUT2D eigenvalue weighted by atomic mass is 10.1. The number of oxime groups is 1. The topological polar surface area (TPSA) is 134 Å². The molecule has 0 saturated carbocycles. The Balaban J connectivity index is 1.76. The first-order valence-electron chi connectivity index (χ1n) is 8.72. The molecule has 1 aromatic heterocycles. The van der Waals surface area contributed by atoms with Crippen LogP contribution in [0.2, 0.25) is 0 Å². The zero-order valence-electron chi connectivity index (χ0n) is 16.4. The van der Waals surface area contributed by atoms with Gasteiger partial charge in [0.15, 0.2) is 5.69 Å². The Kier molecular flexibility index (Phi) is 7.01. The van der Waals surface area contributed by atoms with E-state index >= 15 is 0 Å². The van der Waals surface area contributed by atoms with E-state index < -0.39 is 29.3 Å². The second-order valence-electron chi connectivity index (χ2n) is 6.16. The van der Waals surface area contributed by atoms with Crippen molar-refractivity contribution in [1.29, 1.82) is 0 Å². The molecule has 0 saturated heterocycles. The number of carbonyl (C=O) groups is 1. The third kappa shape index (κ3) is 5.68. The van der Waals surface area contributed by atoms with Gasteiger partial charge in [-0.15, -0.1) is 0 Å². The quantitative estimate of drug-likeness (QED) is 0.121. The molecule has 2 amide bonds. The van der Waals surface area contributed by atoms with Gasteiger partial charge >= 0.3 is 12.2 Å². The highest BCUT2D eigenvalue weighted by Gasteiger charge is 2.34. The number of methoxy groups -OCH3 is 1. The van der Waals surface area contributed by atoms with E-state index in [9.17, 15) is 27.6 Å². The van der Waals surface area contributed by atoms with Gasteiger partial charge in [0.05, 0.1) is 17.1 Å². The predicted molar refractivity (Wildman–Crippen MR) is 111 cm³/mol. The van der Waals surface area contributed by atoms with E-state index in [1.165, 1.54) is 18.2 Å². The van der Waals surface area contributed by atoms with Crippen LogP contribution in [0.1, 0.15) is 11.3 Å². The van der Waals surface area contributed by atoms with Gasteiger partial charge in [0.25, 0.3) is 0 Å². The number of benzene rings is 2. The van der Waals surface area contributed by atoms with E-state index in [-0.39, 0.29) is 33.2 Å². The number of hydrogen-bond donors (Lipinski definition) is 4. The Morgan fingerprint density at radius 2 is 1.82 bits per heavy atom. The number of ether oxygens (including phenoxy) is 1. The van der Waals surface area contributed by atoms with Gasteiger partial charge in [-0.1, -0.05) is 5.16 Å². The van der Waals surface area contributed by atoms with Crippen molar-refractivity contribution >= 4 is 45.0 Å². The molecule has 3 aromatic rings. The summed E-state index contributed by atoms with van der Waals surface area (Å²) in [6.07, 6.45) is -4.71. The summed E-state index contributed by atoms with van der Waals surface area (Å²) in [5.74, 6) is -1.59. The molecule has 0 spiro atoms. The number of hydrogen-bond acceptors (Lipinski definition) is 7. The average molecular weight is 533 g/mol. The van der Waals surface area contributed by atoms with Crippen molar-refractivity contribution in [3.63, 3.8) is 0 Å². The fraction of sp³-hybridized carbons (Fsp3) is 0.111. The summed E-state index contributed by atoms with van der Waals surface area (Å²) in [5.41, 5.74) is -1.24. The summed E-state index contributed by atoms with van der Waals surface area (Å²) in [4.78, 5) is 12.3. The zero-order valence-corrected chi connectivity index (χ0v) is 18.0. The molecule has 4 N–H and O–H groups in total. The number of alkyl halides is 3. The number of rotatable bonds is 5. The molecular formula is C18H13BrF4N6O4. The van der Waals surface area contributed by atoms with E-state index in [0.717, 1.165) is 19.2 Å². The van der Waals surface area contributed by atoms with Gasteiger partial charge in [0.2, 0.25) is 11.7 Å². The van der Waals surface area contributed by atoms with Gasteiger partial charge < -0.3 is 20.6 Å². The molecule has 0 atom stereocenters. The number of amides is 2. The summed E-state index contributed by atoms with van der Waals surface area (Å²) in [6, 6.07) is 5.75. The fourth-order valence-corrected chi connectivity index (χ4v) is 2.92. The van der Waals surface area contributed by atoms with E-state index in [4.69, 9.17) is 0 Å². The number of aromatic nitrogens is 2. The SMILES string of the molecule is COc1ccc(NC(=O)Nc2nonc2/C(=N/O)Nc2ccc(F)c(Br)c2)cc1C(F)(F)F. The number of amidine groups is 1. The molecule has 3 rings (SSSR count). The molecule has 0 radical (unpaired) electrons. The lowest BCUT2D eigenvalue weighted by molar-refractivity contribution is -0.138. The Morgan fingerprint density at radius 1 is 1.12 bits per heavy atom. The number of halogens is 5. The van der Waals surface area contributed by atoms with E-state index in [2.05, 4.69) is 56.7 Å². The molecule has 15 heteroatoms. The van der Waals surface area contributed by atoms with Crippen LogP contribution in [-0.2, 0) is 6.18 Å². The maximum atomic E-state index is 13.4. The summed E-state index contributed by atoms with van der Waals surface area (Å²) in [6.45, 7) is 0. The third-order valence-corrected chi connectivity index (χ3v) is 4.60. The van der Waals surface area contributed by atoms with Crippen LogP contribution in [0.25, 0.3) is 0 Å². The summed E-state index contributed by atoms with van der Waals surface area (Å²) < 4.78 is 62.2. The maximum absolute atomic E-state index is 13.4. The van der Waals surface area contributed by atoms with Crippen LogP contribution < -0.4 is 20.7 Å². The van der Waals surface area contributed by atoms with Crippen molar-refractivity contribution in [3.8, 4) is 5.75 Å². The smallest absolute Gasteiger partial charge is 0.420 e. The maximum Gasteiger partial charge on any atom is 0.420 e. The number of carbonyl (C=O) groups excluding carboxylic acids is 1. The monoisotopic (exact) mass is 532 g/mol. The summed E-state index contributed by atoms with van der Waals surface area (Å²) in [7, 11) is 1.09. The predicted octanol–water partition coefficient (Wildman–Crippen LogP) is 4.89. The normalized spacial score (nSPS) is 11.8. The largest absolute Gasteiger partial charge is 0.496 e. The number of anilines is 3. The summed E-state index contributed by atoms with van der Waals surface area (Å²) >= 11 is 3.00. The molecule has 0 aliphatic rings. The molecule has 1 heterocycles. The molecule has 0 fully saturated rings. The van der Waals surface area contributed by atoms with Crippen LogP contribution in [0.5, 0.6) is 5.75 Å². The average Bonchev–Trinajstić information content (AvgIpc) is 3.21. The van der Waals surface area contributed by atoms with Gasteiger partial charge in [-0.05, 0) is 62.6 Å². The van der Waals surface area contributed by atoms with E-state index in [1.54, 1.807) is 0 Å². The second-order valence-corrected chi connectivity index (χ2v) is 7.01. The van der Waals surface area contributed by atoms with E-state index in [0.29, 0.717) is 6.07 Å². The van der Waals surface area contributed by atoms with Gasteiger partial charge in [-0.25, -0.2) is 13.8 Å². The molecule has 0 aliphatic heterocycles. The molecule has 0 unspecified atom stereocenters. The van der Waals surface area contributed by atoms with Crippen LogP contribution in [0, 0.1) is 5.82 Å². The number of nitrogens with zero attached hydrogens (tertiary/aromatic N) is 3. The van der Waals surface area contributed by atoms with Crippen molar-refractivity contribution in [2.75, 3.05) is 23.1 Å². The lowest BCUT2D eigenvalue weighted by Gasteiger charge is -2.14. The Morgan fingerprint density at radius 3 is 2.45 bits per heavy atom. The minimum absolute atomic E-state index is 0.124. The number of urea groups is 1. The second kappa shape index (κ2) is 9.72. The van der Waals surface area contributed by atoms with Gasteiger partial charge in [-0.2, -0.15) is 13.2 Å². The molecule has 2 aromatic carbocycles. The van der Waals surface area contributed by atoms with Crippen molar-refractivity contribution in [2.45, 2.75) is 6.18 Å². The van der Waals surface area contributed by atoms with Crippen LogP contribution >= 0.6 is 15.9 Å². The lowest BCUT2D eigenvalue weighted by Crippen LogP contribution is -2.23.